The highest BCUT2D eigenvalue weighted by atomic mass is 19.1. The molecule has 0 amide bonds. The van der Waals surface area contributed by atoms with E-state index >= 15 is 0 Å². The summed E-state index contributed by atoms with van der Waals surface area (Å²) < 4.78 is 32.5. The summed E-state index contributed by atoms with van der Waals surface area (Å²) in [5.41, 5.74) is 12.4. The van der Waals surface area contributed by atoms with Crippen LogP contribution in [0.15, 0.2) is 43.0 Å². The number of hydrogen-bond donors (Lipinski definition) is 5. The minimum absolute atomic E-state index is 0.0688. The van der Waals surface area contributed by atoms with Gasteiger partial charge in [-0.1, -0.05) is 0 Å². The highest BCUT2D eigenvalue weighted by Crippen LogP contribution is 2.37. The molecule has 0 radical (unpaired) electrons. The molecule has 4 heterocycles. The summed E-state index contributed by atoms with van der Waals surface area (Å²) in [6.45, 7) is 0. The molecule has 246 valence electrons. The molecule has 0 unspecified atom stereocenters. The van der Waals surface area contributed by atoms with Crippen molar-refractivity contribution in [3.05, 3.63) is 87.2 Å². The van der Waals surface area contributed by atoms with E-state index in [9.17, 15) is 18.9 Å². The molecule has 6 aromatic rings. The van der Waals surface area contributed by atoms with Crippen molar-refractivity contribution in [2.45, 2.75) is 51.4 Å². The number of hydrogen-bond acceptors (Lipinski definition) is 10. The molecule has 0 atom stereocenters. The Bertz CT molecular complexity index is 2180. The number of anilines is 5. The van der Waals surface area contributed by atoms with Gasteiger partial charge in [0.2, 0.25) is 5.82 Å². The Morgan fingerprint density at radius 1 is 0.812 bits per heavy atom. The Morgan fingerprint density at radius 2 is 1.38 bits per heavy atom. The molecule has 0 saturated carbocycles. The van der Waals surface area contributed by atoms with Crippen LogP contribution in [0.25, 0.3) is 22.1 Å². The number of aromatic amines is 2. The second-order valence-corrected chi connectivity index (χ2v) is 11.7. The molecule has 0 aliphatic heterocycles. The van der Waals surface area contributed by atoms with Crippen LogP contribution in [0.2, 0.25) is 0 Å². The van der Waals surface area contributed by atoms with Crippen molar-refractivity contribution in [3.8, 4) is 5.75 Å². The zero-order valence-electron chi connectivity index (χ0n) is 26.0. The van der Waals surface area contributed by atoms with Gasteiger partial charge in [0.05, 0.1) is 39.9 Å². The van der Waals surface area contributed by atoms with E-state index < -0.39 is 16.4 Å². The van der Waals surface area contributed by atoms with E-state index in [1.807, 2.05) is 0 Å². The van der Waals surface area contributed by atoms with Crippen molar-refractivity contribution < 1.29 is 18.4 Å². The fraction of sp³-hybridized carbons (Fsp3) is 0.273. The van der Waals surface area contributed by atoms with Crippen LogP contribution in [0.3, 0.4) is 0 Å². The molecule has 4 aromatic heterocycles. The Labute approximate surface area is 272 Å². The lowest BCUT2D eigenvalue weighted by atomic mass is 9.96. The number of nitrogens with one attached hydrogen (secondary N) is 4. The van der Waals surface area contributed by atoms with Gasteiger partial charge in [-0.05, 0) is 74.6 Å². The van der Waals surface area contributed by atoms with Crippen molar-refractivity contribution in [2.75, 3.05) is 23.5 Å². The van der Waals surface area contributed by atoms with E-state index in [1.54, 1.807) is 13.2 Å². The van der Waals surface area contributed by atoms with Crippen molar-refractivity contribution in [3.63, 3.8) is 0 Å². The Morgan fingerprint density at radius 3 is 1.94 bits per heavy atom. The summed E-state index contributed by atoms with van der Waals surface area (Å²) in [6.07, 6.45) is 11.4. The maximum atomic E-state index is 13.7. The second kappa shape index (κ2) is 12.7. The minimum atomic E-state index is -0.972. The highest BCUT2D eigenvalue weighted by Gasteiger charge is 2.23. The lowest BCUT2D eigenvalue weighted by Crippen LogP contribution is -2.04. The minimum Gasteiger partial charge on any atom is -0.495 e. The Kier molecular flexibility index (Phi) is 8.17. The summed E-state index contributed by atoms with van der Waals surface area (Å²) in [4.78, 5) is 34.1. The molecule has 2 aromatic carbocycles. The zero-order chi connectivity index (χ0) is 33.4. The van der Waals surface area contributed by atoms with Gasteiger partial charge in [-0.25, -0.2) is 24.3 Å². The fourth-order valence-corrected chi connectivity index (χ4v) is 6.50. The van der Waals surface area contributed by atoms with E-state index in [-0.39, 0.29) is 17.2 Å². The molecule has 0 fully saturated rings. The van der Waals surface area contributed by atoms with Crippen LogP contribution in [-0.2, 0) is 25.7 Å². The van der Waals surface area contributed by atoms with Gasteiger partial charge in [0.1, 0.15) is 47.2 Å². The number of methoxy groups -OCH3 is 1. The number of aromatic nitrogens is 6. The quantitative estimate of drug-likeness (QED) is 0.0716. The summed E-state index contributed by atoms with van der Waals surface area (Å²) in [5.74, 6) is 0.451. The highest BCUT2D eigenvalue weighted by molar-refractivity contribution is 5.95. The van der Waals surface area contributed by atoms with Crippen LogP contribution in [0.1, 0.15) is 48.2 Å². The molecule has 48 heavy (non-hydrogen) atoms. The lowest BCUT2D eigenvalue weighted by Gasteiger charge is -2.13. The van der Waals surface area contributed by atoms with Crippen LogP contribution in [0.4, 0.5) is 43.2 Å². The number of nitro groups is 1. The van der Waals surface area contributed by atoms with Crippen molar-refractivity contribution in [2.24, 2.45) is 0 Å². The molecule has 0 saturated heterocycles. The third-order valence-electron chi connectivity index (χ3n) is 8.76. The van der Waals surface area contributed by atoms with E-state index in [4.69, 9.17) is 10.5 Å². The summed E-state index contributed by atoms with van der Waals surface area (Å²) in [6, 6.07) is 6.40. The monoisotopic (exact) mass is 654 g/mol. The first-order chi connectivity index (χ1) is 23.3. The predicted molar refractivity (Wildman–Crippen MR) is 178 cm³/mol. The van der Waals surface area contributed by atoms with Gasteiger partial charge in [0, 0.05) is 29.6 Å². The van der Waals surface area contributed by atoms with E-state index in [2.05, 4.69) is 40.5 Å². The van der Waals surface area contributed by atoms with Gasteiger partial charge in [-0.15, -0.1) is 0 Å². The third-order valence-corrected chi connectivity index (χ3v) is 8.76. The first-order valence-corrected chi connectivity index (χ1v) is 15.6. The second-order valence-electron chi connectivity index (χ2n) is 11.7. The van der Waals surface area contributed by atoms with Crippen LogP contribution in [-0.4, -0.2) is 41.9 Å². The smallest absolute Gasteiger partial charge is 0.307 e. The summed E-state index contributed by atoms with van der Waals surface area (Å²) in [5, 5.41) is 19.0. The number of H-pyrrole nitrogens is 2. The molecule has 0 bridgehead atoms. The number of nitrogens with two attached hydrogens (primary N) is 1. The predicted octanol–water partition coefficient (Wildman–Crippen LogP) is 6.94. The normalized spacial score (nSPS) is 13.7. The Balaban J connectivity index is 0.000000152. The van der Waals surface area contributed by atoms with Crippen molar-refractivity contribution in [1.29, 1.82) is 0 Å². The average Bonchev–Trinajstić information content (AvgIpc) is 3.66. The first kappa shape index (κ1) is 30.8. The largest absolute Gasteiger partial charge is 0.495 e. The zero-order valence-corrected chi connectivity index (χ0v) is 26.0. The molecule has 2 aliphatic rings. The number of ether oxygens (including phenoxy) is 1. The molecule has 0 spiro atoms. The standard InChI is InChI=1S/C17H17FN4O.C16H15FN6O2/c1-23-14-7-6-10(18)8-13(14)22-17-15-11-4-2-3-5-12(11)21-16(15)19-9-20-17;17-9-5-10(18)12(6-13(9)23(24)25)22-16-14-8-3-1-2-4-11(8)21-15(14)19-7-20-16/h6-9H,2-5H2,1H3,(H2,19,20,21,22);5-7H,1-4,18H2,(H2,19,20,21,22). The number of fused-ring (bicyclic) bond motifs is 6. The third kappa shape index (κ3) is 5.78. The van der Waals surface area contributed by atoms with Gasteiger partial charge >= 0.3 is 5.69 Å². The lowest BCUT2D eigenvalue weighted by molar-refractivity contribution is -0.387. The van der Waals surface area contributed by atoms with Crippen molar-refractivity contribution in [1.82, 2.24) is 29.9 Å². The van der Waals surface area contributed by atoms with Gasteiger partial charge in [-0.2, -0.15) is 4.39 Å². The molecular weight excluding hydrogens is 622 g/mol. The number of aryl methyl sites for hydroxylation is 4. The first-order valence-electron chi connectivity index (χ1n) is 15.6. The molecule has 15 heteroatoms. The van der Waals surface area contributed by atoms with Gasteiger partial charge in [0.15, 0.2) is 0 Å². The van der Waals surface area contributed by atoms with Gasteiger partial charge in [0.25, 0.3) is 0 Å². The number of rotatable bonds is 6. The number of benzene rings is 2. The van der Waals surface area contributed by atoms with Crippen LogP contribution in [0.5, 0.6) is 5.75 Å². The van der Waals surface area contributed by atoms with E-state index in [0.717, 1.165) is 84.8 Å². The number of nitrogens with zero attached hydrogens (tertiary/aromatic N) is 5. The SMILES string of the molecule is COc1ccc(F)cc1Nc1ncnc2[nH]c3c(c12)CCCC3.Nc1cc(F)c([N+](=O)[O-])cc1Nc1ncnc2[nH]c3c(c12)CCCC3. The topological polar surface area (TPSA) is 186 Å². The van der Waals surface area contributed by atoms with E-state index in [0.29, 0.717) is 28.7 Å². The number of nitrogen functional groups attached to an aromatic ring is 1. The van der Waals surface area contributed by atoms with E-state index in [1.165, 1.54) is 42.5 Å². The Hall–Kier alpha value is -5.86. The molecule has 13 nitrogen and oxygen atoms in total. The summed E-state index contributed by atoms with van der Waals surface area (Å²) in [7, 11) is 1.56. The number of halogens is 2. The summed E-state index contributed by atoms with van der Waals surface area (Å²) >= 11 is 0. The maximum absolute atomic E-state index is 13.7. The van der Waals surface area contributed by atoms with Gasteiger partial charge < -0.3 is 31.1 Å². The molecule has 2 aliphatic carbocycles. The average molecular weight is 655 g/mol. The van der Waals surface area contributed by atoms with Gasteiger partial charge in [-0.3, -0.25) is 10.1 Å². The fourth-order valence-electron chi connectivity index (χ4n) is 6.50. The van der Waals surface area contributed by atoms with Crippen molar-refractivity contribution >= 4 is 56.5 Å². The molecular formula is C33H32F2N10O3. The molecule has 6 N–H and O–H groups in total. The van der Waals surface area contributed by atoms with Crippen LogP contribution in [0, 0.1) is 21.7 Å². The number of nitro benzene ring substituents is 1. The van der Waals surface area contributed by atoms with Crippen LogP contribution < -0.4 is 21.1 Å². The van der Waals surface area contributed by atoms with Crippen LogP contribution >= 0.6 is 0 Å². The molecule has 8 rings (SSSR count). The maximum Gasteiger partial charge on any atom is 0.307 e.